The summed E-state index contributed by atoms with van der Waals surface area (Å²) in [5, 5.41) is 7.62. The van der Waals surface area contributed by atoms with E-state index in [4.69, 9.17) is 4.98 Å². The topological polar surface area (TPSA) is 17.8 Å². The van der Waals surface area contributed by atoms with Crippen molar-refractivity contribution in [3.05, 3.63) is 212 Å². The summed E-state index contributed by atoms with van der Waals surface area (Å²) in [6, 6.07) is 59.5. The molecule has 2 nitrogen and oxygen atoms in total. The van der Waals surface area contributed by atoms with E-state index >= 15 is 0 Å². The van der Waals surface area contributed by atoms with Crippen LogP contribution in [0.25, 0.3) is 88.3 Å². The molecule has 0 saturated heterocycles. The first-order valence-electron chi connectivity index (χ1n) is 19.1. The quantitative estimate of drug-likeness (QED) is 0.163. The number of hydrogen-bond donors (Lipinski definition) is 0. The SMILES string of the molecule is C1=CC2C=CC=C(c3c4ccccc4c(-c4cccc5ccccc45)c4cc(-c5ccc(-c6nc7ccccc7n6-c6ccccc6)cc5)ccc34)C2C=C1. The van der Waals surface area contributed by atoms with Crippen molar-refractivity contribution >= 4 is 48.9 Å². The van der Waals surface area contributed by atoms with Crippen molar-refractivity contribution in [1.29, 1.82) is 0 Å². The van der Waals surface area contributed by atoms with Crippen LogP contribution in [-0.4, -0.2) is 9.55 Å². The summed E-state index contributed by atoms with van der Waals surface area (Å²) >= 11 is 0. The molecule has 8 aromatic carbocycles. The Labute approximate surface area is 320 Å². The lowest BCUT2D eigenvalue weighted by atomic mass is 9.74. The minimum atomic E-state index is 0.289. The third kappa shape index (κ3) is 5.14. The molecule has 2 aliphatic rings. The number of allylic oxidation sites excluding steroid dienone is 8. The van der Waals surface area contributed by atoms with Crippen molar-refractivity contribution in [2.45, 2.75) is 0 Å². The second-order valence-electron chi connectivity index (χ2n) is 14.6. The van der Waals surface area contributed by atoms with E-state index in [2.05, 4.69) is 211 Å². The highest BCUT2D eigenvalue weighted by Crippen LogP contribution is 2.48. The first kappa shape index (κ1) is 31.5. The molecule has 1 aromatic heterocycles. The molecule has 0 radical (unpaired) electrons. The molecule has 1 heterocycles. The Morgan fingerprint density at radius 3 is 1.98 bits per heavy atom. The molecule has 0 N–H and O–H groups in total. The molecule has 2 unspecified atom stereocenters. The van der Waals surface area contributed by atoms with Crippen molar-refractivity contribution < 1.29 is 0 Å². The van der Waals surface area contributed by atoms with Crippen molar-refractivity contribution in [2.75, 3.05) is 0 Å². The molecule has 0 spiro atoms. The van der Waals surface area contributed by atoms with E-state index in [1.807, 2.05) is 0 Å². The molecule has 2 atom stereocenters. The zero-order chi connectivity index (χ0) is 36.3. The molecule has 9 aromatic rings. The lowest BCUT2D eigenvalue weighted by Gasteiger charge is -2.29. The van der Waals surface area contributed by atoms with Gasteiger partial charge in [-0.3, -0.25) is 4.57 Å². The van der Waals surface area contributed by atoms with Crippen LogP contribution in [-0.2, 0) is 0 Å². The Morgan fingerprint density at radius 2 is 1.11 bits per heavy atom. The van der Waals surface area contributed by atoms with Crippen LogP contribution in [0.4, 0.5) is 0 Å². The number of imidazole rings is 1. The first-order chi connectivity index (χ1) is 27.3. The van der Waals surface area contributed by atoms with Crippen molar-refractivity contribution in [3.63, 3.8) is 0 Å². The third-order valence-electron chi connectivity index (χ3n) is 11.6. The third-order valence-corrected chi connectivity index (χ3v) is 11.6. The maximum Gasteiger partial charge on any atom is 0.145 e. The highest BCUT2D eigenvalue weighted by Gasteiger charge is 2.28. The predicted molar refractivity (Wildman–Crippen MR) is 232 cm³/mol. The van der Waals surface area contributed by atoms with Crippen LogP contribution in [0.3, 0.4) is 0 Å². The zero-order valence-corrected chi connectivity index (χ0v) is 30.2. The minimum Gasteiger partial charge on any atom is -0.292 e. The molecule has 0 bridgehead atoms. The fraction of sp³-hybridized carbons (Fsp3) is 0.0377. The van der Waals surface area contributed by atoms with Gasteiger partial charge in [0.05, 0.1) is 11.0 Å². The predicted octanol–water partition coefficient (Wildman–Crippen LogP) is 13.8. The normalized spacial score (nSPS) is 16.3. The second-order valence-corrected chi connectivity index (χ2v) is 14.6. The molecular formula is C53H36N2. The van der Waals surface area contributed by atoms with E-state index in [0.717, 1.165) is 28.1 Å². The average Bonchev–Trinajstić information content (AvgIpc) is 3.65. The van der Waals surface area contributed by atoms with E-state index in [1.165, 1.54) is 65.7 Å². The Kier molecular flexibility index (Phi) is 7.34. The number of rotatable bonds is 5. The molecule has 2 aliphatic carbocycles. The van der Waals surface area contributed by atoms with Gasteiger partial charge in [0.25, 0.3) is 0 Å². The molecule has 258 valence electrons. The molecule has 55 heavy (non-hydrogen) atoms. The van der Waals surface area contributed by atoms with E-state index in [9.17, 15) is 0 Å². The van der Waals surface area contributed by atoms with E-state index in [-0.39, 0.29) is 5.92 Å². The standard InChI is InChI=1S/C53H36N2/c1-2-18-40(19-3-1)55-50-27-11-10-26-49(50)54-53(55)38-30-28-35(29-31-38)39-32-33-47-48(34-39)52(44-25-13-17-37-15-5-7-21-42(37)44)46-23-9-8-22-45(46)51(47)43-24-12-16-36-14-4-6-20-41(36)43/h1-34,36,41H. The van der Waals surface area contributed by atoms with Crippen LogP contribution >= 0.6 is 0 Å². The van der Waals surface area contributed by atoms with Gasteiger partial charge in [-0.25, -0.2) is 4.98 Å². The summed E-state index contributed by atoms with van der Waals surface area (Å²) in [7, 11) is 0. The van der Waals surface area contributed by atoms with Crippen molar-refractivity contribution in [1.82, 2.24) is 9.55 Å². The Balaban J connectivity index is 1.13. The molecule has 0 amide bonds. The number of benzene rings is 8. The average molecular weight is 701 g/mol. The maximum atomic E-state index is 5.13. The van der Waals surface area contributed by atoms with Gasteiger partial charge >= 0.3 is 0 Å². The Hall–Kier alpha value is -7.03. The van der Waals surface area contributed by atoms with Crippen LogP contribution in [0, 0.1) is 11.8 Å². The van der Waals surface area contributed by atoms with Gasteiger partial charge in [0.2, 0.25) is 0 Å². The van der Waals surface area contributed by atoms with Crippen LogP contribution in [0.5, 0.6) is 0 Å². The van der Waals surface area contributed by atoms with Gasteiger partial charge in [-0.15, -0.1) is 0 Å². The van der Waals surface area contributed by atoms with Gasteiger partial charge < -0.3 is 0 Å². The lowest BCUT2D eigenvalue weighted by Crippen LogP contribution is -2.15. The van der Waals surface area contributed by atoms with Gasteiger partial charge in [-0.2, -0.15) is 0 Å². The molecule has 0 saturated carbocycles. The smallest absolute Gasteiger partial charge is 0.145 e. The van der Waals surface area contributed by atoms with Gasteiger partial charge in [0.1, 0.15) is 5.82 Å². The number of aromatic nitrogens is 2. The van der Waals surface area contributed by atoms with Gasteiger partial charge in [0.15, 0.2) is 0 Å². The first-order valence-corrected chi connectivity index (χ1v) is 19.1. The monoisotopic (exact) mass is 700 g/mol. The van der Waals surface area contributed by atoms with Crippen molar-refractivity contribution in [3.8, 4) is 39.3 Å². The molecule has 0 fully saturated rings. The summed E-state index contributed by atoms with van der Waals surface area (Å²) < 4.78 is 2.26. The van der Waals surface area contributed by atoms with Crippen LogP contribution < -0.4 is 0 Å². The maximum absolute atomic E-state index is 5.13. The molecular weight excluding hydrogens is 665 g/mol. The molecule has 11 rings (SSSR count). The minimum absolute atomic E-state index is 0.289. The van der Waals surface area contributed by atoms with Gasteiger partial charge in [-0.1, -0.05) is 176 Å². The summed E-state index contributed by atoms with van der Waals surface area (Å²) in [4.78, 5) is 5.13. The molecule has 0 aliphatic heterocycles. The van der Waals surface area contributed by atoms with Crippen LogP contribution in [0.15, 0.2) is 206 Å². The highest BCUT2D eigenvalue weighted by atomic mass is 15.1. The van der Waals surface area contributed by atoms with E-state index < -0.39 is 0 Å². The highest BCUT2D eigenvalue weighted by molar-refractivity contribution is 6.22. The summed E-state index contributed by atoms with van der Waals surface area (Å²) in [5.41, 5.74) is 11.9. The summed E-state index contributed by atoms with van der Waals surface area (Å²) in [5.74, 6) is 1.58. The Morgan fingerprint density at radius 1 is 0.455 bits per heavy atom. The fourth-order valence-corrected chi connectivity index (χ4v) is 9.04. The summed E-state index contributed by atoms with van der Waals surface area (Å²) in [6.07, 6.45) is 16.0. The van der Waals surface area contributed by atoms with Gasteiger partial charge in [-0.05, 0) is 96.0 Å². The van der Waals surface area contributed by atoms with E-state index in [0.29, 0.717) is 5.92 Å². The lowest BCUT2D eigenvalue weighted by molar-refractivity contribution is 0.679. The second kappa shape index (κ2) is 12.8. The molecule has 2 heteroatoms. The number of para-hydroxylation sites is 3. The number of nitrogens with zero attached hydrogens (tertiary/aromatic N) is 2. The fourth-order valence-electron chi connectivity index (χ4n) is 9.04. The van der Waals surface area contributed by atoms with Crippen LogP contribution in [0.2, 0.25) is 0 Å². The zero-order valence-electron chi connectivity index (χ0n) is 30.2. The van der Waals surface area contributed by atoms with Crippen molar-refractivity contribution in [2.24, 2.45) is 11.8 Å². The Bertz CT molecular complexity index is 3080. The number of hydrogen-bond acceptors (Lipinski definition) is 1. The van der Waals surface area contributed by atoms with Crippen LogP contribution in [0.1, 0.15) is 5.56 Å². The summed E-state index contributed by atoms with van der Waals surface area (Å²) in [6.45, 7) is 0. The van der Waals surface area contributed by atoms with Gasteiger partial charge in [0, 0.05) is 23.1 Å². The number of fused-ring (bicyclic) bond motifs is 5. The largest absolute Gasteiger partial charge is 0.292 e. The van der Waals surface area contributed by atoms with E-state index in [1.54, 1.807) is 0 Å².